The molecule has 1 aromatic heterocycles. The number of benzene rings is 1. The summed E-state index contributed by atoms with van der Waals surface area (Å²) >= 11 is 0. The highest BCUT2D eigenvalue weighted by Crippen LogP contribution is 2.52. The summed E-state index contributed by atoms with van der Waals surface area (Å²) in [5.74, 6) is 1.77. The molecule has 5 rings (SSSR count). The fraction of sp³-hybridized carbons (Fsp3) is 0.556. The molecule has 2 saturated carbocycles. The lowest BCUT2D eigenvalue weighted by atomic mass is 10.0. The van der Waals surface area contributed by atoms with Gasteiger partial charge >= 0.3 is 0 Å². The molecule has 0 unspecified atom stereocenters. The van der Waals surface area contributed by atoms with Gasteiger partial charge in [-0.1, -0.05) is 12.8 Å². The molecule has 37 heavy (non-hydrogen) atoms. The van der Waals surface area contributed by atoms with Gasteiger partial charge in [0.05, 0.1) is 24.4 Å². The standard InChI is InChI=1S/C27H37N7O3/c1-32(2)14-13-28-24(35)18-9-10-20(22(15-18)37-4)30-26-29-16-21-23(31-26)34(19-7-5-6-8-19)17-27(11-12-27)25(36)33(21)3/h9-10,15-16,19H,5-8,11-14,17H2,1-4H3,(H,28,35)(H,29,30,31). The van der Waals surface area contributed by atoms with Gasteiger partial charge in [-0.3, -0.25) is 9.59 Å². The molecule has 1 spiro atoms. The molecule has 0 radical (unpaired) electrons. The summed E-state index contributed by atoms with van der Waals surface area (Å²) in [6, 6.07) is 5.66. The second-order valence-corrected chi connectivity index (χ2v) is 10.7. The summed E-state index contributed by atoms with van der Waals surface area (Å²) in [6.07, 6.45) is 8.24. The summed E-state index contributed by atoms with van der Waals surface area (Å²) in [4.78, 5) is 41.4. The number of amides is 2. The van der Waals surface area contributed by atoms with E-state index in [1.165, 1.54) is 12.8 Å². The summed E-state index contributed by atoms with van der Waals surface area (Å²) in [7, 11) is 7.34. The Hall–Kier alpha value is -3.40. The average Bonchev–Trinajstić information content (AvgIpc) is 3.49. The zero-order valence-corrected chi connectivity index (χ0v) is 22.2. The molecule has 2 aromatic rings. The van der Waals surface area contributed by atoms with E-state index in [2.05, 4.69) is 20.5 Å². The number of nitrogens with one attached hydrogen (secondary N) is 2. The monoisotopic (exact) mass is 507 g/mol. The van der Waals surface area contributed by atoms with Crippen molar-refractivity contribution in [2.75, 3.05) is 63.0 Å². The maximum Gasteiger partial charge on any atom is 0.251 e. The minimum atomic E-state index is -0.294. The molecule has 2 aliphatic carbocycles. The van der Waals surface area contributed by atoms with Crippen LogP contribution in [0.2, 0.25) is 0 Å². The predicted molar refractivity (Wildman–Crippen MR) is 144 cm³/mol. The third-order valence-corrected chi connectivity index (χ3v) is 7.79. The van der Waals surface area contributed by atoms with Crippen LogP contribution in [0.4, 0.5) is 23.1 Å². The molecule has 2 amide bonds. The second-order valence-electron chi connectivity index (χ2n) is 10.7. The number of ether oxygens (including phenoxy) is 1. The highest BCUT2D eigenvalue weighted by Gasteiger charge is 2.55. The number of methoxy groups -OCH3 is 1. The summed E-state index contributed by atoms with van der Waals surface area (Å²) in [6.45, 7) is 2.04. The topological polar surface area (TPSA) is 103 Å². The van der Waals surface area contributed by atoms with E-state index in [1.807, 2.05) is 26.0 Å². The number of carbonyl (C=O) groups is 2. The van der Waals surface area contributed by atoms with Gasteiger partial charge in [0.2, 0.25) is 11.9 Å². The van der Waals surface area contributed by atoms with E-state index < -0.39 is 0 Å². The Kier molecular flexibility index (Phi) is 6.94. The van der Waals surface area contributed by atoms with E-state index >= 15 is 0 Å². The van der Waals surface area contributed by atoms with E-state index in [1.54, 1.807) is 36.4 Å². The van der Waals surface area contributed by atoms with Gasteiger partial charge in [-0.15, -0.1) is 0 Å². The van der Waals surface area contributed by atoms with Crippen molar-refractivity contribution in [3.05, 3.63) is 30.0 Å². The Morgan fingerprint density at radius 2 is 2.00 bits per heavy atom. The zero-order valence-electron chi connectivity index (χ0n) is 22.2. The highest BCUT2D eigenvalue weighted by atomic mass is 16.5. The van der Waals surface area contributed by atoms with Crippen molar-refractivity contribution in [1.82, 2.24) is 20.2 Å². The van der Waals surface area contributed by atoms with Crippen molar-refractivity contribution >= 4 is 35.0 Å². The first-order chi connectivity index (χ1) is 17.8. The van der Waals surface area contributed by atoms with E-state index in [0.717, 1.165) is 43.7 Å². The number of hydrogen-bond acceptors (Lipinski definition) is 8. The molecule has 3 aliphatic rings. The first-order valence-electron chi connectivity index (χ1n) is 13.1. The van der Waals surface area contributed by atoms with E-state index in [-0.39, 0.29) is 17.2 Å². The molecule has 2 heterocycles. The second kappa shape index (κ2) is 10.2. The average molecular weight is 508 g/mol. The SMILES string of the molecule is COc1cc(C(=O)NCCN(C)C)ccc1Nc1ncc2c(n1)N(C1CCCC1)CC1(CC1)C(=O)N2C. The molecule has 1 aromatic carbocycles. The Morgan fingerprint density at radius 1 is 1.24 bits per heavy atom. The molecular weight excluding hydrogens is 470 g/mol. The third kappa shape index (κ3) is 5.07. The minimum absolute atomic E-state index is 0.151. The van der Waals surface area contributed by atoms with Crippen molar-refractivity contribution in [1.29, 1.82) is 0 Å². The number of aromatic nitrogens is 2. The van der Waals surface area contributed by atoms with Crippen LogP contribution in [-0.4, -0.2) is 80.6 Å². The third-order valence-electron chi connectivity index (χ3n) is 7.79. The Labute approximate surface area is 218 Å². The molecule has 0 saturated heterocycles. The van der Waals surface area contributed by atoms with Gasteiger partial charge in [0, 0.05) is 38.3 Å². The fourth-order valence-electron chi connectivity index (χ4n) is 5.40. The molecule has 0 bridgehead atoms. The van der Waals surface area contributed by atoms with Crippen LogP contribution in [0.5, 0.6) is 5.75 Å². The van der Waals surface area contributed by atoms with Gasteiger partial charge in [0.1, 0.15) is 11.4 Å². The lowest BCUT2D eigenvalue weighted by molar-refractivity contribution is -0.122. The quantitative estimate of drug-likeness (QED) is 0.562. The van der Waals surface area contributed by atoms with Crippen LogP contribution < -0.4 is 25.2 Å². The number of likely N-dealkylation sites (N-methyl/N-ethyl adjacent to an activating group) is 1. The first-order valence-corrected chi connectivity index (χ1v) is 13.1. The van der Waals surface area contributed by atoms with Crippen LogP contribution in [0, 0.1) is 5.41 Å². The highest BCUT2D eigenvalue weighted by molar-refractivity contribution is 6.03. The Balaban J connectivity index is 1.40. The number of carbonyl (C=O) groups excluding carboxylic acids is 2. The van der Waals surface area contributed by atoms with Gasteiger partial charge in [-0.25, -0.2) is 4.98 Å². The van der Waals surface area contributed by atoms with E-state index in [0.29, 0.717) is 42.1 Å². The lowest BCUT2D eigenvalue weighted by Crippen LogP contribution is -2.41. The number of hydrogen-bond donors (Lipinski definition) is 2. The molecule has 0 atom stereocenters. The molecule has 2 fully saturated rings. The van der Waals surface area contributed by atoms with Gasteiger partial charge < -0.3 is 30.1 Å². The fourth-order valence-corrected chi connectivity index (χ4v) is 5.40. The number of rotatable bonds is 8. The minimum Gasteiger partial charge on any atom is -0.495 e. The normalized spacial score (nSPS) is 18.7. The summed E-state index contributed by atoms with van der Waals surface area (Å²) in [5, 5.41) is 6.20. The number of anilines is 4. The largest absolute Gasteiger partial charge is 0.495 e. The van der Waals surface area contributed by atoms with Gasteiger partial charge in [-0.05, 0) is 58.0 Å². The molecule has 10 nitrogen and oxygen atoms in total. The predicted octanol–water partition coefficient (Wildman–Crippen LogP) is 3.03. The smallest absolute Gasteiger partial charge is 0.251 e. The maximum atomic E-state index is 13.3. The van der Waals surface area contributed by atoms with Crippen molar-refractivity contribution in [2.45, 2.75) is 44.6 Å². The molecular formula is C27H37N7O3. The molecule has 10 heteroatoms. The first kappa shape index (κ1) is 25.3. The van der Waals surface area contributed by atoms with Crippen LogP contribution in [0.3, 0.4) is 0 Å². The van der Waals surface area contributed by atoms with Crippen LogP contribution in [0.15, 0.2) is 24.4 Å². The van der Waals surface area contributed by atoms with Crippen LogP contribution in [-0.2, 0) is 4.79 Å². The summed E-state index contributed by atoms with van der Waals surface area (Å²) < 4.78 is 5.58. The summed E-state index contributed by atoms with van der Waals surface area (Å²) in [5.41, 5.74) is 1.64. The van der Waals surface area contributed by atoms with Crippen molar-refractivity contribution in [3.8, 4) is 5.75 Å². The van der Waals surface area contributed by atoms with Crippen LogP contribution >= 0.6 is 0 Å². The zero-order chi connectivity index (χ0) is 26.2. The number of fused-ring (bicyclic) bond motifs is 1. The molecule has 198 valence electrons. The van der Waals surface area contributed by atoms with Gasteiger partial charge in [-0.2, -0.15) is 4.98 Å². The van der Waals surface area contributed by atoms with Crippen molar-refractivity contribution < 1.29 is 14.3 Å². The van der Waals surface area contributed by atoms with E-state index in [4.69, 9.17) is 9.72 Å². The molecule has 1 aliphatic heterocycles. The molecule has 2 N–H and O–H groups in total. The van der Waals surface area contributed by atoms with Gasteiger partial charge in [0.25, 0.3) is 5.91 Å². The van der Waals surface area contributed by atoms with Crippen LogP contribution in [0.25, 0.3) is 0 Å². The van der Waals surface area contributed by atoms with Crippen molar-refractivity contribution in [3.63, 3.8) is 0 Å². The maximum absolute atomic E-state index is 13.3. The lowest BCUT2D eigenvalue weighted by Gasteiger charge is -2.31. The van der Waals surface area contributed by atoms with Crippen molar-refractivity contribution in [2.24, 2.45) is 5.41 Å². The number of nitrogens with zero attached hydrogens (tertiary/aromatic N) is 5. The van der Waals surface area contributed by atoms with Crippen LogP contribution in [0.1, 0.15) is 48.9 Å². The van der Waals surface area contributed by atoms with E-state index in [9.17, 15) is 9.59 Å². The Morgan fingerprint density at radius 3 is 2.68 bits per heavy atom. The Bertz CT molecular complexity index is 1170. The van der Waals surface area contributed by atoms with Gasteiger partial charge in [0.15, 0.2) is 5.82 Å².